The molecular formula is C11H15N5. The Kier molecular flexibility index (Phi) is 3.26. The highest BCUT2D eigenvalue weighted by molar-refractivity contribution is 5.14. The average Bonchev–Trinajstić information content (AvgIpc) is 2.76. The van der Waals surface area contributed by atoms with E-state index in [0.717, 1.165) is 18.8 Å². The van der Waals surface area contributed by atoms with Crippen LogP contribution in [0.4, 0.5) is 0 Å². The minimum absolute atomic E-state index is 0.134. The molecule has 0 amide bonds. The lowest BCUT2D eigenvalue weighted by atomic mass is 10.1. The number of benzene rings is 1. The van der Waals surface area contributed by atoms with Crippen LogP contribution in [0.5, 0.6) is 0 Å². The van der Waals surface area contributed by atoms with Crippen molar-refractivity contribution in [3.8, 4) is 0 Å². The number of nitrogens with zero attached hydrogens (tertiary/aromatic N) is 4. The van der Waals surface area contributed by atoms with E-state index >= 15 is 0 Å². The molecule has 16 heavy (non-hydrogen) atoms. The van der Waals surface area contributed by atoms with E-state index < -0.39 is 0 Å². The van der Waals surface area contributed by atoms with Crippen molar-refractivity contribution in [1.29, 1.82) is 0 Å². The first-order chi connectivity index (χ1) is 7.77. The minimum Gasteiger partial charge on any atom is -0.322 e. The highest BCUT2D eigenvalue weighted by Crippen LogP contribution is 2.06. The van der Waals surface area contributed by atoms with Crippen molar-refractivity contribution in [1.82, 2.24) is 20.2 Å². The van der Waals surface area contributed by atoms with Crippen LogP contribution < -0.4 is 5.73 Å². The number of hydrogen-bond acceptors (Lipinski definition) is 4. The van der Waals surface area contributed by atoms with Crippen LogP contribution in [0.2, 0.25) is 0 Å². The maximum absolute atomic E-state index is 5.76. The average molecular weight is 217 g/mol. The topological polar surface area (TPSA) is 69.6 Å². The second kappa shape index (κ2) is 4.85. The van der Waals surface area contributed by atoms with Crippen molar-refractivity contribution in [2.45, 2.75) is 25.9 Å². The summed E-state index contributed by atoms with van der Waals surface area (Å²) in [6, 6.07) is 10.1. The third kappa shape index (κ3) is 2.43. The van der Waals surface area contributed by atoms with Crippen molar-refractivity contribution in [2.75, 3.05) is 0 Å². The lowest BCUT2D eigenvalue weighted by Gasteiger charge is -2.06. The van der Waals surface area contributed by atoms with Crippen molar-refractivity contribution in [3.63, 3.8) is 0 Å². The fourth-order valence-corrected chi connectivity index (χ4v) is 1.58. The van der Waals surface area contributed by atoms with Gasteiger partial charge in [0.25, 0.3) is 0 Å². The standard InChI is InChI=1S/C11H15N5/c1-9(12)11-13-14-15-16(11)8-7-10-5-3-2-4-6-10/h2-6,9H,7-8,12H2,1H3. The summed E-state index contributed by atoms with van der Waals surface area (Å²) in [5.41, 5.74) is 7.04. The summed E-state index contributed by atoms with van der Waals surface area (Å²) in [6.45, 7) is 2.64. The second-order valence-electron chi connectivity index (χ2n) is 3.78. The fourth-order valence-electron chi connectivity index (χ4n) is 1.58. The van der Waals surface area contributed by atoms with Crippen LogP contribution in [-0.2, 0) is 13.0 Å². The molecule has 1 aromatic carbocycles. The third-order valence-electron chi connectivity index (χ3n) is 2.42. The Hall–Kier alpha value is -1.75. The molecular weight excluding hydrogens is 202 g/mol. The molecule has 5 nitrogen and oxygen atoms in total. The number of aromatic nitrogens is 4. The monoisotopic (exact) mass is 217 g/mol. The van der Waals surface area contributed by atoms with Crippen LogP contribution in [0.15, 0.2) is 30.3 Å². The van der Waals surface area contributed by atoms with Gasteiger partial charge in [0.05, 0.1) is 6.04 Å². The van der Waals surface area contributed by atoms with E-state index in [1.807, 2.05) is 25.1 Å². The van der Waals surface area contributed by atoms with Gasteiger partial charge in [-0.2, -0.15) is 0 Å². The molecule has 1 unspecified atom stereocenters. The first kappa shape index (κ1) is 10.8. The highest BCUT2D eigenvalue weighted by atomic mass is 15.5. The largest absolute Gasteiger partial charge is 0.322 e. The fraction of sp³-hybridized carbons (Fsp3) is 0.364. The van der Waals surface area contributed by atoms with E-state index in [2.05, 4.69) is 27.7 Å². The summed E-state index contributed by atoms with van der Waals surface area (Å²) < 4.78 is 1.76. The van der Waals surface area contributed by atoms with E-state index in [0.29, 0.717) is 0 Å². The van der Waals surface area contributed by atoms with Gasteiger partial charge in [-0.15, -0.1) is 5.10 Å². The zero-order valence-corrected chi connectivity index (χ0v) is 9.24. The van der Waals surface area contributed by atoms with Crippen LogP contribution in [0.25, 0.3) is 0 Å². The Bertz CT molecular complexity index is 435. The summed E-state index contributed by atoms with van der Waals surface area (Å²) in [4.78, 5) is 0. The number of nitrogens with two attached hydrogens (primary N) is 1. The van der Waals surface area contributed by atoms with Gasteiger partial charge in [0.15, 0.2) is 5.82 Å². The molecule has 0 saturated carbocycles. The van der Waals surface area contributed by atoms with Gasteiger partial charge in [0, 0.05) is 6.54 Å². The molecule has 0 aliphatic rings. The lowest BCUT2D eigenvalue weighted by molar-refractivity contribution is 0.543. The van der Waals surface area contributed by atoms with Gasteiger partial charge in [-0.3, -0.25) is 0 Å². The molecule has 0 radical (unpaired) electrons. The predicted molar refractivity (Wildman–Crippen MR) is 60.6 cm³/mol. The van der Waals surface area contributed by atoms with Crippen LogP contribution in [0.1, 0.15) is 24.4 Å². The molecule has 5 heteroatoms. The van der Waals surface area contributed by atoms with Crippen molar-refractivity contribution in [3.05, 3.63) is 41.7 Å². The molecule has 2 rings (SSSR count). The Morgan fingerprint density at radius 3 is 2.75 bits per heavy atom. The SMILES string of the molecule is CC(N)c1nnnn1CCc1ccccc1. The first-order valence-corrected chi connectivity index (χ1v) is 5.33. The molecule has 0 bridgehead atoms. The molecule has 2 aromatic rings. The molecule has 0 aliphatic heterocycles. The summed E-state index contributed by atoms with van der Waals surface area (Å²) in [7, 11) is 0. The zero-order chi connectivity index (χ0) is 11.4. The molecule has 1 heterocycles. The Balaban J connectivity index is 2.02. The van der Waals surface area contributed by atoms with Crippen LogP contribution in [-0.4, -0.2) is 20.2 Å². The van der Waals surface area contributed by atoms with Gasteiger partial charge < -0.3 is 5.73 Å². The molecule has 0 saturated heterocycles. The van der Waals surface area contributed by atoms with Gasteiger partial charge in [-0.1, -0.05) is 30.3 Å². The second-order valence-corrected chi connectivity index (χ2v) is 3.78. The molecule has 1 atom stereocenters. The van der Waals surface area contributed by atoms with Gasteiger partial charge >= 0.3 is 0 Å². The summed E-state index contributed by atoms with van der Waals surface area (Å²) in [5, 5.41) is 11.5. The minimum atomic E-state index is -0.134. The summed E-state index contributed by atoms with van der Waals surface area (Å²) in [6.07, 6.45) is 0.908. The molecule has 1 aromatic heterocycles. The van der Waals surface area contributed by atoms with Crippen LogP contribution in [0.3, 0.4) is 0 Å². The first-order valence-electron chi connectivity index (χ1n) is 5.33. The molecule has 0 spiro atoms. The Morgan fingerprint density at radius 2 is 2.06 bits per heavy atom. The van der Waals surface area contributed by atoms with Gasteiger partial charge in [-0.05, 0) is 29.3 Å². The smallest absolute Gasteiger partial charge is 0.167 e. The normalized spacial score (nSPS) is 12.6. The van der Waals surface area contributed by atoms with Gasteiger partial charge in [0.1, 0.15) is 0 Å². The number of tetrazole rings is 1. The van der Waals surface area contributed by atoms with E-state index in [1.54, 1.807) is 4.68 Å². The Labute approximate surface area is 94.3 Å². The molecule has 0 aliphatic carbocycles. The quantitative estimate of drug-likeness (QED) is 0.827. The van der Waals surface area contributed by atoms with Crippen molar-refractivity contribution < 1.29 is 0 Å². The maximum atomic E-state index is 5.76. The van der Waals surface area contributed by atoms with Gasteiger partial charge in [-0.25, -0.2) is 4.68 Å². The van der Waals surface area contributed by atoms with E-state index in [4.69, 9.17) is 5.73 Å². The third-order valence-corrected chi connectivity index (χ3v) is 2.42. The van der Waals surface area contributed by atoms with Crippen molar-refractivity contribution >= 4 is 0 Å². The van der Waals surface area contributed by atoms with E-state index in [-0.39, 0.29) is 6.04 Å². The summed E-state index contributed by atoms with van der Waals surface area (Å²) >= 11 is 0. The number of aryl methyl sites for hydroxylation is 2. The molecule has 2 N–H and O–H groups in total. The predicted octanol–water partition coefficient (Wildman–Crippen LogP) is 0.935. The Morgan fingerprint density at radius 1 is 1.31 bits per heavy atom. The molecule has 0 fully saturated rings. The lowest BCUT2D eigenvalue weighted by Crippen LogP contribution is -2.15. The zero-order valence-electron chi connectivity index (χ0n) is 9.24. The maximum Gasteiger partial charge on any atom is 0.167 e. The van der Waals surface area contributed by atoms with Crippen LogP contribution in [0, 0.1) is 0 Å². The van der Waals surface area contributed by atoms with Crippen LogP contribution >= 0.6 is 0 Å². The number of rotatable bonds is 4. The highest BCUT2D eigenvalue weighted by Gasteiger charge is 2.09. The van der Waals surface area contributed by atoms with Crippen molar-refractivity contribution in [2.24, 2.45) is 5.73 Å². The van der Waals surface area contributed by atoms with E-state index in [1.165, 1.54) is 5.56 Å². The van der Waals surface area contributed by atoms with E-state index in [9.17, 15) is 0 Å². The van der Waals surface area contributed by atoms with Gasteiger partial charge in [0.2, 0.25) is 0 Å². The number of hydrogen-bond donors (Lipinski definition) is 1. The summed E-state index contributed by atoms with van der Waals surface area (Å²) in [5.74, 6) is 0.732. The molecule has 84 valence electrons.